The van der Waals surface area contributed by atoms with E-state index in [4.69, 9.17) is 0 Å². The Morgan fingerprint density at radius 3 is 2.52 bits per heavy atom. The first-order valence-corrected chi connectivity index (χ1v) is 11.1. The Morgan fingerprint density at radius 1 is 1.15 bits per heavy atom. The van der Waals surface area contributed by atoms with E-state index >= 15 is 0 Å². The van der Waals surface area contributed by atoms with Gasteiger partial charge < -0.3 is 10.6 Å². The highest BCUT2D eigenvalue weighted by molar-refractivity contribution is 7.92. The molecule has 2 amide bonds. The Kier molecular flexibility index (Phi) is 6.98. The number of carbonyl (C=O) groups is 2. The minimum absolute atomic E-state index is 0.126. The Morgan fingerprint density at radius 2 is 1.89 bits per heavy atom. The van der Waals surface area contributed by atoms with Crippen LogP contribution in [0.1, 0.15) is 32.6 Å². The fourth-order valence-corrected chi connectivity index (χ4v) is 4.04. The molecule has 0 bridgehead atoms. The summed E-state index contributed by atoms with van der Waals surface area (Å²) in [5, 5.41) is 5.31. The third kappa shape index (κ3) is 6.69. The topological polar surface area (TPSA) is 104 Å². The lowest BCUT2D eigenvalue weighted by atomic mass is 10.2. The second kappa shape index (κ2) is 9.01. The number of amides is 2. The quantitative estimate of drug-likeness (QED) is 0.620. The number of hydrogen-bond acceptors (Lipinski definition) is 5. The summed E-state index contributed by atoms with van der Waals surface area (Å²) in [6.45, 7) is 4.10. The molecular weight excluding hydrogens is 386 g/mol. The van der Waals surface area contributed by atoms with Crippen LogP contribution < -0.4 is 15.4 Å². The van der Waals surface area contributed by atoms with Gasteiger partial charge in [0, 0.05) is 17.1 Å². The number of benzene rings is 1. The Bertz CT molecular complexity index is 936. The summed E-state index contributed by atoms with van der Waals surface area (Å²) in [6.07, 6.45) is 1.94. The van der Waals surface area contributed by atoms with Gasteiger partial charge >= 0.3 is 0 Å². The number of anilines is 1. The van der Waals surface area contributed by atoms with Gasteiger partial charge in [-0.25, -0.2) is 8.42 Å². The fourth-order valence-electron chi connectivity index (χ4n) is 2.45. The van der Waals surface area contributed by atoms with Crippen molar-refractivity contribution in [1.29, 1.82) is 0 Å². The minimum atomic E-state index is -3.36. The normalized spacial score (nSPS) is 11.1. The molecule has 27 heavy (non-hydrogen) atoms. The molecule has 1 heterocycles. The average Bonchev–Trinajstić information content (AvgIpc) is 2.97. The molecule has 0 atom stereocenters. The highest BCUT2D eigenvalue weighted by atomic mass is 32.2. The van der Waals surface area contributed by atoms with Gasteiger partial charge in [0.05, 0.1) is 17.7 Å². The zero-order valence-corrected chi connectivity index (χ0v) is 17.1. The third-order valence-electron chi connectivity index (χ3n) is 3.69. The number of hydrogen-bond donors (Lipinski definition) is 3. The standard InChI is InChI=1S/C18H23N3O4S2/c1-4-15-12(2)8-16(26-15)18(23)20-11-17(22)19-10-13-6-5-7-14(9-13)21-27(3,24)25/h5-9,21H,4,10-11H2,1-3H3,(H,19,22)(H,20,23). The SMILES string of the molecule is CCc1sc(C(=O)NCC(=O)NCc2cccc(NS(C)(=O)=O)c2)cc1C. The molecule has 1 aromatic carbocycles. The number of thiophene rings is 1. The minimum Gasteiger partial charge on any atom is -0.350 e. The summed E-state index contributed by atoms with van der Waals surface area (Å²) in [5.41, 5.74) is 2.25. The van der Waals surface area contributed by atoms with Crippen LogP contribution in [0.2, 0.25) is 0 Å². The molecule has 0 spiro atoms. The van der Waals surface area contributed by atoms with E-state index in [0.717, 1.165) is 28.7 Å². The van der Waals surface area contributed by atoms with E-state index in [2.05, 4.69) is 15.4 Å². The van der Waals surface area contributed by atoms with Crippen molar-refractivity contribution in [3.63, 3.8) is 0 Å². The van der Waals surface area contributed by atoms with Crippen LogP contribution in [-0.2, 0) is 27.8 Å². The molecule has 0 saturated heterocycles. The average molecular weight is 410 g/mol. The molecule has 7 nitrogen and oxygen atoms in total. The van der Waals surface area contributed by atoms with Crippen molar-refractivity contribution < 1.29 is 18.0 Å². The lowest BCUT2D eigenvalue weighted by Gasteiger charge is -2.09. The van der Waals surface area contributed by atoms with Crippen molar-refractivity contribution in [2.75, 3.05) is 17.5 Å². The number of sulfonamides is 1. The van der Waals surface area contributed by atoms with Crippen molar-refractivity contribution in [2.45, 2.75) is 26.8 Å². The van der Waals surface area contributed by atoms with Gasteiger partial charge in [-0.1, -0.05) is 19.1 Å². The molecule has 9 heteroatoms. The highest BCUT2D eigenvalue weighted by Crippen LogP contribution is 2.22. The molecule has 0 unspecified atom stereocenters. The van der Waals surface area contributed by atoms with Gasteiger partial charge in [-0.15, -0.1) is 11.3 Å². The van der Waals surface area contributed by atoms with Crippen LogP contribution in [0.25, 0.3) is 0 Å². The maximum atomic E-state index is 12.1. The van der Waals surface area contributed by atoms with Gasteiger partial charge in [-0.3, -0.25) is 14.3 Å². The molecule has 3 N–H and O–H groups in total. The monoisotopic (exact) mass is 409 g/mol. The van der Waals surface area contributed by atoms with Gasteiger partial charge in [0.25, 0.3) is 5.91 Å². The van der Waals surface area contributed by atoms with Crippen LogP contribution in [0, 0.1) is 6.92 Å². The van der Waals surface area contributed by atoms with E-state index in [0.29, 0.717) is 10.6 Å². The van der Waals surface area contributed by atoms with Crippen LogP contribution in [0.5, 0.6) is 0 Å². The molecular formula is C18H23N3O4S2. The van der Waals surface area contributed by atoms with E-state index in [1.807, 2.05) is 19.9 Å². The first-order chi connectivity index (χ1) is 12.7. The lowest BCUT2D eigenvalue weighted by Crippen LogP contribution is -2.36. The summed E-state index contributed by atoms with van der Waals surface area (Å²) in [5.74, 6) is -0.592. The summed E-state index contributed by atoms with van der Waals surface area (Å²) in [7, 11) is -3.36. The summed E-state index contributed by atoms with van der Waals surface area (Å²) < 4.78 is 24.9. The lowest BCUT2D eigenvalue weighted by molar-refractivity contribution is -0.120. The van der Waals surface area contributed by atoms with Gasteiger partial charge in [-0.05, 0) is 42.7 Å². The molecule has 1 aromatic heterocycles. The zero-order chi connectivity index (χ0) is 20.0. The summed E-state index contributed by atoms with van der Waals surface area (Å²) in [4.78, 5) is 25.9. The second-order valence-electron chi connectivity index (χ2n) is 6.10. The van der Waals surface area contributed by atoms with Crippen molar-refractivity contribution in [1.82, 2.24) is 10.6 Å². The molecule has 0 aliphatic heterocycles. The third-order valence-corrected chi connectivity index (χ3v) is 5.68. The van der Waals surface area contributed by atoms with E-state index in [1.54, 1.807) is 24.3 Å². The van der Waals surface area contributed by atoms with Crippen LogP contribution >= 0.6 is 11.3 Å². The summed E-state index contributed by atoms with van der Waals surface area (Å²) >= 11 is 1.44. The molecule has 0 aliphatic rings. The van der Waals surface area contributed by atoms with E-state index in [1.165, 1.54) is 11.3 Å². The van der Waals surface area contributed by atoms with Crippen molar-refractivity contribution >= 4 is 38.9 Å². The van der Waals surface area contributed by atoms with Crippen LogP contribution in [0.4, 0.5) is 5.69 Å². The second-order valence-corrected chi connectivity index (χ2v) is 8.99. The predicted molar refractivity (Wildman–Crippen MR) is 108 cm³/mol. The molecule has 0 fully saturated rings. The molecule has 0 radical (unpaired) electrons. The summed E-state index contributed by atoms with van der Waals surface area (Å²) in [6, 6.07) is 8.56. The Balaban J connectivity index is 1.84. The molecule has 0 aliphatic carbocycles. The van der Waals surface area contributed by atoms with Gasteiger partial charge in [0.2, 0.25) is 15.9 Å². The van der Waals surface area contributed by atoms with Crippen LogP contribution in [0.15, 0.2) is 30.3 Å². The zero-order valence-electron chi connectivity index (χ0n) is 15.5. The Labute approximate surface area is 163 Å². The maximum Gasteiger partial charge on any atom is 0.261 e. The molecule has 0 saturated carbocycles. The van der Waals surface area contributed by atoms with E-state index < -0.39 is 10.0 Å². The molecule has 2 aromatic rings. The van der Waals surface area contributed by atoms with Crippen LogP contribution in [-0.4, -0.2) is 33.0 Å². The maximum absolute atomic E-state index is 12.1. The smallest absolute Gasteiger partial charge is 0.261 e. The molecule has 146 valence electrons. The Hall–Kier alpha value is -2.39. The largest absolute Gasteiger partial charge is 0.350 e. The van der Waals surface area contributed by atoms with Gasteiger partial charge in [-0.2, -0.15) is 0 Å². The number of carbonyl (C=O) groups excluding carboxylic acids is 2. The number of nitrogens with one attached hydrogen (secondary N) is 3. The first kappa shape index (κ1) is 20.9. The fraction of sp³-hybridized carbons (Fsp3) is 0.333. The van der Waals surface area contributed by atoms with Crippen LogP contribution in [0.3, 0.4) is 0 Å². The van der Waals surface area contributed by atoms with Gasteiger partial charge in [0.1, 0.15) is 0 Å². The van der Waals surface area contributed by atoms with Crippen molar-refractivity contribution in [3.8, 4) is 0 Å². The van der Waals surface area contributed by atoms with Crippen molar-refractivity contribution in [3.05, 3.63) is 51.2 Å². The number of aryl methyl sites for hydroxylation is 2. The first-order valence-electron chi connectivity index (χ1n) is 8.39. The van der Waals surface area contributed by atoms with Crippen molar-refractivity contribution in [2.24, 2.45) is 0 Å². The van der Waals surface area contributed by atoms with Gasteiger partial charge in [0.15, 0.2) is 0 Å². The van der Waals surface area contributed by atoms with E-state index in [9.17, 15) is 18.0 Å². The number of rotatable bonds is 8. The highest BCUT2D eigenvalue weighted by Gasteiger charge is 2.12. The predicted octanol–water partition coefficient (Wildman–Crippen LogP) is 2.04. The van der Waals surface area contributed by atoms with E-state index in [-0.39, 0.29) is 24.9 Å². The molecule has 2 rings (SSSR count).